The van der Waals surface area contributed by atoms with E-state index >= 15 is 0 Å². The molecule has 3 aromatic carbocycles. The minimum atomic E-state index is -3.95. The van der Waals surface area contributed by atoms with Crippen LogP contribution in [-0.2, 0) is 30.8 Å². The van der Waals surface area contributed by atoms with Gasteiger partial charge >= 0.3 is 5.97 Å². The molecule has 0 radical (unpaired) electrons. The lowest BCUT2D eigenvalue weighted by Gasteiger charge is -2.34. The number of hydrogen-bond donors (Lipinski definition) is 0. The van der Waals surface area contributed by atoms with E-state index in [1.54, 1.807) is 42.5 Å². The zero-order valence-electron chi connectivity index (χ0n) is 19.2. The Morgan fingerprint density at radius 1 is 0.971 bits per heavy atom. The molecule has 1 aliphatic rings. The van der Waals surface area contributed by atoms with Crippen molar-refractivity contribution in [1.29, 1.82) is 0 Å². The zero-order chi connectivity index (χ0) is 24.8. The normalized spacial score (nSPS) is 15.3. The van der Waals surface area contributed by atoms with E-state index in [-0.39, 0.29) is 18.0 Å². The Balaban J connectivity index is 1.63. The lowest BCUT2D eigenvalue weighted by molar-refractivity contribution is -0.148. The molecule has 1 amide bonds. The van der Waals surface area contributed by atoms with E-state index in [9.17, 15) is 18.0 Å². The summed E-state index contributed by atoms with van der Waals surface area (Å²) in [4.78, 5) is 27.2. The highest BCUT2D eigenvalue weighted by molar-refractivity contribution is 7.89. The number of carbonyl (C=O) groups excluding carboxylic acids is 2. The third kappa shape index (κ3) is 5.52. The number of benzene rings is 3. The second-order valence-electron chi connectivity index (χ2n) is 7.99. The summed E-state index contributed by atoms with van der Waals surface area (Å²) in [5.41, 5.74) is 1.42. The second kappa shape index (κ2) is 10.7. The maximum atomic E-state index is 13.5. The Morgan fingerprint density at radius 3 is 2.29 bits per heavy atom. The van der Waals surface area contributed by atoms with Gasteiger partial charge in [0.25, 0.3) is 0 Å². The number of sulfonamides is 1. The van der Waals surface area contributed by atoms with Gasteiger partial charge in [0.05, 0.1) is 30.8 Å². The van der Waals surface area contributed by atoms with Gasteiger partial charge in [-0.2, -0.15) is 4.31 Å². The molecular weight excluding hydrogens is 468 g/mol. The predicted octanol–water partition coefficient (Wildman–Crippen LogP) is 2.89. The van der Waals surface area contributed by atoms with Crippen molar-refractivity contribution in [3.05, 3.63) is 90.5 Å². The summed E-state index contributed by atoms with van der Waals surface area (Å²) in [6, 6.07) is 24.3. The molecule has 9 heteroatoms. The van der Waals surface area contributed by atoms with Gasteiger partial charge < -0.3 is 14.4 Å². The number of anilines is 1. The van der Waals surface area contributed by atoms with Crippen molar-refractivity contribution in [3.8, 4) is 5.75 Å². The molecule has 35 heavy (non-hydrogen) atoms. The number of ether oxygens (including phenoxy) is 2. The molecule has 0 saturated heterocycles. The van der Waals surface area contributed by atoms with E-state index in [0.29, 0.717) is 17.9 Å². The SMILES string of the molecule is COC(=O)[C@@H]1CN(C(=O)CN(CCc2ccccc2)S(=O)(=O)c2ccccc2)c2ccccc2O1. The summed E-state index contributed by atoms with van der Waals surface area (Å²) in [5, 5.41) is 0. The quantitative estimate of drug-likeness (QED) is 0.447. The van der Waals surface area contributed by atoms with Gasteiger partial charge in [0.15, 0.2) is 0 Å². The van der Waals surface area contributed by atoms with Crippen molar-refractivity contribution in [2.45, 2.75) is 17.4 Å². The van der Waals surface area contributed by atoms with Crippen molar-refractivity contribution >= 4 is 27.6 Å². The average Bonchev–Trinajstić information content (AvgIpc) is 2.90. The first kappa shape index (κ1) is 24.4. The van der Waals surface area contributed by atoms with Gasteiger partial charge in [0.2, 0.25) is 22.0 Å². The maximum absolute atomic E-state index is 13.5. The first-order valence-corrected chi connectivity index (χ1v) is 12.6. The van der Waals surface area contributed by atoms with Crippen LogP contribution in [0.5, 0.6) is 5.75 Å². The lowest BCUT2D eigenvalue weighted by Crippen LogP contribution is -2.51. The fourth-order valence-corrected chi connectivity index (χ4v) is 5.30. The van der Waals surface area contributed by atoms with Gasteiger partial charge in [-0.15, -0.1) is 0 Å². The van der Waals surface area contributed by atoms with Gasteiger partial charge in [-0.3, -0.25) is 4.79 Å². The lowest BCUT2D eigenvalue weighted by atomic mass is 10.1. The largest absolute Gasteiger partial charge is 0.475 e. The summed E-state index contributed by atoms with van der Waals surface area (Å²) < 4.78 is 38.7. The molecule has 0 saturated carbocycles. The minimum absolute atomic E-state index is 0.0829. The molecule has 0 aromatic heterocycles. The predicted molar refractivity (Wildman–Crippen MR) is 131 cm³/mol. The highest BCUT2D eigenvalue weighted by atomic mass is 32.2. The van der Waals surface area contributed by atoms with Gasteiger partial charge in [0, 0.05) is 6.54 Å². The maximum Gasteiger partial charge on any atom is 0.348 e. The third-order valence-electron chi connectivity index (χ3n) is 5.72. The molecule has 8 nitrogen and oxygen atoms in total. The molecule has 0 fully saturated rings. The highest BCUT2D eigenvalue weighted by Crippen LogP contribution is 2.33. The van der Waals surface area contributed by atoms with Gasteiger partial charge in [-0.1, -0.05) is 60.7 Å². The van der Waals surface area contributed by atoms with E-state index in [4.69, 9.17) is 9.47 Å². The molecule has 4 rings (SSSR count). The monoisotopic (exact) mass is 494 g/mol. The van der Waals surface area contributed by atoms with Gasteiger partial charge in [-0.05, 0) is 36.2 Å². The number of methoxy groups -OCH3 is 1. The van der Waals surface area contributed by atoms with E-state index in [1.807, 2.05) is 30.3 Å². The number of amides is 1. The second-order valence-corrected chi connectivity index (χ2v) is 9.93. The molecule has 3 aromatic rings. The van der Waals surface area contributed by atoms with Crippen molar-refractivity contribution in [2.24, 2.45) is 0 Å². The highest BCUT2D eigenvalue weighted by Gasteiger charge is 2.36. The van der Waals surface area contributed by atoms with E-state index in [0.717, 1.165) is 5.56 Å². The summed E-state index contributed by atoms with van der Waals surface area (Å²) in [7, 11) is -2.71. The number of carbonyl (C=O) groups is 2. The van der Waals surface area contributed by atoms with E-state index in [1.165, 1.54) is 28.4 Å². The van der Waals surface area contributed by atoms with Crippen LogP contribution in [0.4, 0.5) is 5.69 Å². The van der Waals surface area contributed by atoms with Crippen molar-refractivity contribution < 1.29 is 27.5 Å². The van der Waals surface area contributed by atoms with Crippen LogP contribution in [0.2, 0.25) is 0 Å². The fraction of sp³-hybridized carbons (Fsp3) is 0.231. The Hall–Kier alpha value is -3.69. The van der Waals surface area contributed by atoms with Crippen LogP contribution in [0.15, 0.2) is 89.8 Å². The van der Waals surface area contributed by atoms with E-state index < -0.39 is 34.5 Å². The molecule has 182 valence electrons. The van der Waals surface area contributed by atoms with Crippen molar-refractivity contribution in [1.82, 2.24) is 4.31 Å². The summed E-state index contributed by atoms with van der Waals surface area (Å²) in [6.45, 7) is -0.369. The first-order chi connectivity index (χ1) is 16.9. The van der Waals surface area contributed by atoms with Crippen molar-refractivity contribution in [2.75, 3.05) is 31.6 Å². The van der Waals surface area contributed by atoms with Crippen LogP contribution in [0.1, 0.15) is 5.56 Å². The Morgan fingerprint density at radius 2 is 1.60 bits per heavy atom. The summed E-state index contributed by atoms with van der Waals surface area (Å²) in [5.74, 6) is -0.735. The van der Waals surface area contributed by atoms with Gasteiger partial charge in [-0.25, -0.2) is 13.2 Å². The van der Waals surface area contributed by atoms with Gasteiger partial charge in [0.1, 0.15) is 5.75 Å². The molecule has 0 spiro atoms. The van der Waals surface area contributed by atoms with Crippen LogP contribution in [0.25, 0.3) is 0 Å². The Labute approximate surface area is 204 Å². The molecule has 1 atom stereocenters. The van der Waals surface area contributed by atoms with Crippen LogP contribution in [-0.4, -0.2) is 57.4 Å². The molecule has 0 aliphatic carbocycles. The summed E-state index contributed by atoms with van der Waals surface area (Å²) >= 11 is 0. The molecule has 1 heterocycles. The number of nitrogens with zero attached hydrogens (tertiary/aromatic N) is 2. The Kier molecular flexibility index (Phi) is 7.48. The number of esters is 1. The number of rotatable bonds is 8. The number of hydrogen-bond acceptors (Lipinski definition) is 6. The minimum Gasteiger partial charge on any atom is -0.475 e. The van der Waals surface area contributed by atoms with Crippen LogP contribution >= 0.6 is 0 Å². The number of para-hydroxylation sites is 2. The standard InChI is InChI=1S/C26H26N2O6S/c1-33-26(30)24-18-28(22-14-8-9-15-23(22)34-24)25(29)19-27(17-16-20-10-4-2-5-11-20)35(31,32)21-12-6-3-7-13-21/h2-15,24H,16-19H2,1H3/t24-/m0/s1. The fourth-order valence-electron chi connectivity index (χ4n) is 3.89. The van der Waals surface area contributed by atoms with E-state index in [2.05, 4.69) is 0 Å². The average molecular weight is 495 g/mol. The molecule has 0 unspecified atom stereocenters. The molecule has 0 N–H and O–H groups in total. The number of fused-ring (bicyclic) bond motifs is 1. The Bertz CT molecular complexity index is 1280. The zero-order valence-corrected chi connectivity index (χ0v) is 20.1. The van der Waals surface area contributed by atoms with Crippen LogP contribution < -0.4 is 9.64 Å². The van der Waals surface area contributed by atoms with Crippen LogP contribution in [0.3, 0.4) is 0 Å². The smallest absolute Gasteiger partial charge is 0.348 e. The first-order valence-electron chi connectivity index (χ1n) is 11.1. The van der Waals surface area contributed by atoms with Crippen molar-refractivity contribution in [3.63, 3.8) is 0 Å². The molecule has 1 aliphatic heterocycles. The molecule has 0 bridgehead atoms. The molecular formula is C26H26N2O6S. The van der Waals surface area contributed by atoms with Crippen LogP contribution in [0, 0.1) is 0 Å². The summed E-state index contributed by atoms with van der Waals surface area (Å²) in [6.07, 6.45) is -0.577. The topological polar surface area (TPSA) is 93.2 Å². The third-order valence-corrected chi connectivity index (χ3v) is 7.58.